The van der Waals surface area contributed by atoms with E-state index < -0.39 is 5.41 Å². The van der Waals surface area contributed by atoms with Crippen molar-refractivity contribution in [1.82, 2.24) is 10.2 Å². The van der Waals surface area contributed by atoms with Crippen LogP contribution < -0.4 is 5.32 Å². The van der Waals surface area contributed by atoms with Crippen molar-refractivity contribution in [3.63, 3.8) is 0 Å². The Hall–Kier alpha value is -0.200. The van der Waals surface area contributed by atoms with Crippen LogP contribution in [0.25, 0.3) is 0 Å². The smallest absolute Gasteiger partial charge is 0.128 e. The van der Waals surface area contributed by atoms with Gasteiger partial charge in [0, 0.05) is 54.3 Å². The Morgan fingerprint density at radius 1 is 1.38 bits per heavy atom. The van der Waals surface area contributed by atoms with Gasteiger partial charge in [-0.15, -0.1) is 12.4 Å². The minimum atomic E-state index is -0.404. The Bertz CT molecular complexity index is 467. The molecule has 1 fully saturated rings. The van der Waals surface area contributed by atoms with Crippen molar-refractivity contribution in [3.8, 4) is 0 Å². The third-order valence-electron chi connectivity index (χ3n) is 3.92. The fourth-order valence-electron chi connectivity index (χ4n) is 2.86. The van der Waals surface area contributed by atoms with E-state index in [1.54, 1.807) is 6.07 Å². The first-order valence-corrected chi connectivity index (χ1v) is 7.75. The summed E-state index contributed by atoms with van der Waals surface area (Å²) in [7, 11) is 0. The highest BCUT2D eigenvalue weighted by atomic mass is 79.9. The molecule has 1 aliphatic heterocycles. The summed E-state index contributed by atoms with van der Waals surface area (Å²) in [6.07, 6.45) is 0. The fraction of sp³-hybridized carbons (Fsp3) is 0.600. The van der Waals surface area contributed by atoms with Crippen LogP contribution in [0.1, 0.15) is 25.5 Å². The fourth-order valence-corrected chi connectivity index (χ4v) is 3.24. The molecule has 6 heteroatoms. The number of halogens is 3. The molecule has 21 heavy (non-hydrogen) atoms. The lowest BCUT2D eigenvalue weighted by atomic mass is 9.79. The average molecular weight is 382 g/mol. The molecule has 0 bridgehead atoms. The van der Waals surface area contributed by atoms with Gasteiger partial charge >= 0.3 is 0 Å². The second-order valence-electron chi connectivity index (χ2n) is 6.00. The van der Waals surface area contributed by atoms with E-state index >= 15 is 0 Å². The summed E-state index contributed by atoms with van der Waals surface area (Å²) in [5.74, 6) is -0.210. The van der Waals surface area contributed by atoms with Crippen LogP contribution in [0, 0.1) is 11.2 Å². The predicted octanol–water partition coefficient (Wildman–Crippen LogP) is 2.97. The van der Waals surface area contributed by atoms with Gasteiger partial charge in [-0.05, 0) is 18.2 Å². The van der Waals surface area contributed by atoms with E-state index in [-0.39, 0.29) is 30.9 Å². The van der Waals surface area contributed by atoms with Gasteiger partial charge in [-0.1, -0.05) is 29.8 Å². The molecule has 0 saturated carbocycles. The molecule has 1 aromatic rings. The van der Waals surface area contributed by atoms with Gasteiger partial charge in [-0.3, -0.25) is 4.90 Å². The Kier molecular flexibility index (Phi) is 7.07. The van der Waals surface area contributed by atoms with E-state index in [2.05, 4.69) is 26.1 Å². The molecule has 120 valence electrons. The van der Waals surface area contributed by atoms with E-state index in [9.17, 15) is 9.50 Å². The van der Waals surface area contributed by atoms with Gasteiger partial charge in [0.2, 0.25) is 0 Å². The summed E-state index contributed by atoms with van der Waals surface area (Å²) in [6, 6.07) is 4.90. The monoisotopic (exact) mass is 380 g/mol. The van der Waals surface area contributed by atoms with Gasteiger partial charge in [0.25, 0.3) is 0 Å². The van der Waals surface area contributed by atoms with Crippen molar-refractivity contribution in [2.24, 2.45) is 5.41 Å². The molecule has 1 heterocycles. The number of nitrogens with zero attached hydrogens (tertiary/aromatic N) is 1. The quantitative estimate of drug-likeness (QED) is 0.842. The van der Waals surface area contributed by atoms with Crippen LogP contribution >= 0.6 is 28.3 Å². The normalized spacial score (nSPS) is 18.1. The first-order valence-electron chi connectivity index (χ1n) is 6.96. The Morgan fingerprint density at radius 3 is 2.57 bits per heavy atom. The van der Waals surface area contributed by atoms with Crippen LogP contribution in [0.3, 0.4) is 0 Å². The Morgan fingerprint density at radius 2 is 2.00 bits per heavy atom. The van der Waals surface area contributed by atoms with Crippen molar-refractivity contribution >= 4 is 28.3 Å². The van der Waals surface area contributed by atoms with Gasteiger partial charge in [-0.25, -0.2) is 4.39 Å². The van der Waals surface area contributed by atoms with Gasteiger partial charge < -0.3 is 10.4 Å². The van der Waals surface area contributed by atoms with Crippen LogP contribution in [0.5, 0.6) is 0 Å². The number of rotatable bonds is 4. The summed E-state index contributed by atoms with van der Waals surface area (Å²) < 4.78 is 15.2. The van der Waals surface area contributed by atoms with Gasteiger partial charge in [0.15, 0.2) is 0 Å². The number of hydrogen-bond acceptors (Lipinski definition) is 3. The third-order valence-corrected chi connectivity index (χ3v) is 4.41. The topological polar surface area (TPSA) is 35.5 Å². The lowest BCUT2D eigenvalue weighted by Crippen LogP contribution is -2.49. The largest absolute Gasteiger partial charge is 0.396 e. The molecule has 1 aromatic carbocycles. The van der Waals surface area contributed by atoms with E-state index in [0.717, 1.165) is 30.7 Å². The molecule has 0 spiro atoms. The number of hydrogen-bond donors (Lipinski definition) is 2. The zero-order valence-corrected chi connectivity index (χ0v) is 14.8. The summed E-state index contributed by atoms with van der Waals surface area (Å²) in [5.41, 5.74) is 0.249. The lowest BCUT2D eigenvalue weighted by molar-refractivity contribution is 0.0286. The van der Waals surface area contributed by atoms with E-state index in [1.165, 1.54) is 6.07 Å². The summed E-state index contributed by atoms with van der Waals surface area (Å²) in [5, 5.41) is 13.0. The SMILES string of the molecule is CC(C)(CO)[C@@H](c1cc(Br)ccc1F)N1CCNCC1.Cl. The maximum absolute atomic E-state index is 14.3. The third kappa shape index (κ3) is 4.39. The number of aliphatic hydroxyl groups excluding tert-OH is 1. The maximum Gasteiger partial charge on any atom is 0.128 e. The molecule has 1 atom stereocenters. The molecular formula is C15H23BrClFN2O. The molecule has 0 amide bonds. The second-order valence-corrected chi connectivity index (χ2v) is 6.92. The van der Waals surface area contributed by atoms with E-state index in [0.29, 0.717) is 5.56 Å². The standard InChI is InChI=1S/C15H22BrFN2O.ClH/c1-15(2,10-20)14(19-7-5-18-6-8-19)12-9-11(16)3-4-13(12)17;/h3-4,9,14,18,20H,5-8,10H2,1-2H3;1H/t14-;/m1./s1. The van der Waals surface area contributed by atoms with Crippen LogP contribution in [0.2, 0.25) is 0 Å². The summed E-state index contributed by atoms with van der Waals surface area (Å²) in [6.45, 7) is 7.51. The van der Waals surface area contributed by atoms with Gasteiger partial charge in [0.1, 0.15) is 5.82 Å². The molecule has 0 radical (unpaired) electrons. The van der Waals surface area contributed by atoms with Gasteiger partial charge in [0.05, 0.1) is 0 Å². The molecule has 3 nitrogen and oxygen atoms in total. The lowest BCUT2D eigenvalue weighted by Gasteiger charge is -2.43. The minimum Gasteiger partial charge on any atom is -0.396 e. The van der Waals surface area contributed by atoms with Crippen molar-refractivity contribution in [3.05, 3.63) is 34.1 Å². The highest BCUT2D eigenvalue weighted by molar-refractivity contribution is 9.10. The number of aliphatic hydroxyl groups is 1. The van der Waals surface area contributed by atoms with Crippen LogP contribution in [0.15, 0.2) is 22.7 Å². The first-order chi connectivity index (χ1) is 9.45. The Labute approximate surface area is 140 Å². The van der Waals surface area contributed by atoms with E-state index in [1.807, 2.05) is 19.9 Å². The average Bonchev–Trinajstić information content (AvgIpc) is 2.44. The second kappa shape index (κ2) is 7.88. The zero-order chi connectivity index (χ0) is 14.8. The van der Waals surface area contributed by atoms with Crippen LogP contribution in [0.4, 0.5) is 4.39 Å². The number of nitrogens with one attached hydrogen (secondary N) is 1. The Balaban J connectivity index is 0.00000220. The minimum absolute atomic E-state index is 0. The number of piperazine rings is 1. The zero-order valence-electron chi connectivity index (χ0n) is 12.4. The summed E-state index contributed by atoms with van der Waals surface area (Å²) >= 11 is 3.42. The highest BCUT2D eigenvalue weighted by Gasteiger charge is 2.37. The van der Waals surface area contributed by atoms with Crippen molar-refractivity contribution in [2.45, 2.75) is 19.9 Å². The first kappa shape index (κ1) is 18.8. The van der Waals surface area contributed by atoms with Crippen molar-refractivity contribution < 1.29 is 9.50 Å². The van der Waals surface area contributed by atoms with Crippen LogP contribution in [-0.4, -0.2) is 42.8 Å². The molecule has 0 unspecified atom stereocenters. The molecule has 2 N–H and O–H groups in total. The molecule has 0 aliphatic carbocycles. The molecular weight excluding hydrogens is 359 g/mol. The highest BCUT2D eigenvalue weighted by Crippen LogP contribution is 2.40. The molecule has 2 rings (SSSR count). The van der Waals surface area contributed by atoms with Gasteiger partial charge in [-0.2, -0.15) is 0 Å². The molecule has 0 aromatic heterocycles. The predicted molar refractivity (Wildman–Crippen MR) is 89.4 cm³/mol. The van der Waals surface area contributed by atoms with Crippen LogP contribution in [-0.2, 0) is 0 Å². The molecule has 1 aliphatic rings. The van der Waals surface area contributed by atoms with Crippen molar-refractivity contribution in [2.75, 3.05) is 32.8 Å². The summed E-state index contributed by atoms with van der Waals surface area (Å²) in [4.78, 5) is 2.26. The maximum atomic E-state index is 14.3. The number of benzene rings is 1. The molecule has 1 saturated heterocycles. The van der Waals surface area contributed by atoms with E-state index in [4.69, 9.17) is 0 Å². The van der Waals surface area contributed by atoms with Crippen molar-refractivity contribution in [1.29, 1.82) is 0 Å².